The molecule has 0 saturated carbocycles. The normalized spacial score (nSPS) is 13.4. The van der Waals surface area contributed by atoms with Crippen molar-refractivity contribution < 1.29 is 0 Å². The van der Waals surface area contributed by atoms with Crippen LogP contribution in [-0.2, 0) is 16.2 Å². The molecule has 0 N–H and O–H groups in total. The highest BCUT2D eigenvalue weighted by molar-refractivity contribution is 5.86. The quantitative estimate of drug-likeness (QED) is 0.0284. The largest absolute Gasteiger partial charge is 0.0654 e. The van der Waals surface area contributed by atoms with Crippen molar-refractivity contribution in [1.29, 1.82) is 0 Å². The molecule has 0 amide bonds. The van der Waals surface area contributed by atoms with Gasteiger partial charge in [-0.25, -0.2) is 0 Å². The Bertz CT molecular complexity index is 4230. The third-order valence-corrected chi connectivity index (χ3v) is 24.2. The van der Waals surface area contributed by atoms with Gasteiger partial charge >= 0.3 is 0 Å². The Labute approximate surface area is 633 Å². The molecule has 13 rings (SSSR count). The van der Waals surface area contributed by atoms with E-state index >= 15 is 0 Å². The van der Waals surface area contributed by atoms with Crippen molar-refractivity contribution in [3.8, 4) is 102 Å². The average Bonchev–Trinajstić information content (AvgIpc) is 1.60. The third kappa shape index (κ3) is 16.6. The first-order valence-electron chi connectivity index (χ1n) is 41.5. The van der Waals surface area contributed by atoms with Gasteiger partial charge in [-0.3, -0.25) is 0 Å². The molecular formula is C105H114. The standard InChI is InChI=1S/C105H114/c1-7-13-19-31-67-103(68-32-20-14-8-2)97-40-28-25-37-91(97)94-64-55-82(73-100(94)103)46-43-79-49-58-85(59-50-79)88-76-89(86-60-51-80(52-61-86)44-47-83-56-65-95-92-38-26-29-41-98(92)104(101(95)74-83,69-33-21-15-9-3)70-34-22-16-10-4)78-90(77-88)87-62-53-81(54-63-87)45-48-84-57-66-96-93-39-27-30-42-99(93)105(102(96)75-84,71-35-23-17-11-5)72-36-24-18-12-6/h25-30,37-42,49-66,73-78H,7-24,31-36,67-72H2,1-6H3. The Hall–Kier alpha value is -9.12. The van der Waals surface area contributed by atoms with E-state index in [0.717, 1.165) is 50.1 Å². The van der Waals surface area contributed by atoms with Crippen molar-refractivity contribution in [3.63, 3.8) is 0 Å². The SMILES string of the molecule is CCCCCCC1(CCCCCC)c2ccccc2-c2ccc(C#Cc3ccc(-c4cc(-c5ccc(C#Cc6ccc7c(c6)C(CCCCCC)(CCCCCC)c6ccccc6-7)cc5)cc(-c5ccc(C#Cc6ccc7c(c6)C(CCCCCC)(CCCCCC)c6ccccc6-7)cc5)c4)cc3)cc21. The van der Waals surface area contributed by atoms with Crippen molar-refractivity contribution in [3.05, 3.63) is 285 Å². The first kappa shape index (κ1) is 74.2. The maximum absolute atomic E-state index is 3.68. The summed E-state index contributed by atoms with van der Waals surface area (Å²) in [6.07, 6.45) is 37.7. The lowest BCUT2D eigenvalue weighted by atomic mass is 9.70. The molecule has 0 atom stereocenters. The second kappa shape index (κ2) is 35.8. The Balaban J connectivity index is 0.807. The van der Waals surface area contributed by atoms with E-state index in [1.165, 1.54) is 276 Å². The fourth-order valence-electron chi connectivity index (χ4n) is 18.5. The van der Waals surface area contributed by atoms with Gasteiger partial charge in [0.2, 0.25) is 0 Å². The highest BCUT2D eigenvalue weighted by Crippen LogP contribution is 2.58. The summed E-state index contributed by atoms with van der Waals surface area (Å²) in [4.78, 5) is 0. The van der Waals surface area contributed by atoms with E-state index in [0.29, 0.717) is 0 Å². The van der Waals surface area contributed by atoms with Crippen LogP contribution < -0.4 is 0 Å². The van der Waals surface area contributed by atoms with Gasteiger partial charge in [0.05, 0.1) is 0 Å². The predicted octanol–water partition coefficient (Wildman–Crippen LogP) is 29.5. The van der Waals surface area contributed by atoms with E-state index in [-0.39, 0.29) is 16.2 Å². The fraction of sp³-hybridized carbons (Fsp3) is 0.371. The Morgan fingerprint density at radius 1 is 0.181 bits per heavy atom. The van der Waals surface area contributed by atoms with Crippen LogP contribution in [0.4, 0.5) is 0 Å². The first-order valence-corrected chi connectivity index (χ1v) is 41.5. The minimum Gasteiger partial charge on any atom is -0.0654 e. The molecular weight excluding hydrogens is 1260 g/mol. The van der Waals surface area contributed by atoms with Crippen LogP contribution in [0.25, 0.3) is 66.8 Å². The van der Waals surface area contributed by atoms with Crippen molar-refractivity contribution in [1.82, 2.24) is 0 Å². The number of rotatable bonds is 33. The van der Waals surface area contributed by atoms with Gasteiger partial charge in [-0.2, -0.15) is 0 Å². The summed E-state index contributed by atoms with van der Waals surface area (Å²) in [6, 6.07) is 83.2. The molecule has 0 saturated heterocycles. The predicted molar refractivity (Wildman–Crippen MR) is 451 cm³/mol. The first-order chi connectivity index (χ1) is 51.7. The molecule has 10 aromatic carbocycles. The van der Waals surface area contributed by atoms with Crippen molar-refractivity contribution >= 4 is 0 Å². The highest BCUT2D eigenvalue weighted by Gasteiger charge is 2.45. The number of hydrogen-bond donors (Lipinski definition) is 0. The van der Waals surface area contributed by atoms with E-state index < -0.39 is 0 Å². The Kier molecular flexibility index (Phi) is 25.3. The van der Waals surface area contributed by atoms with Crippen LogP contribution >= 0.6 is 0 Å². The zero-order chi connectivity index (χ0) is 72.3. The molecule has 0 bridgehead atoms. The fourth-order valence-corrected chi connectivity index (χ4v) is 18.5. The Morgan fingerprint density at radius 3 is 0.629 bits per heavy atom. The second-order valence-electron chi connectivity index (χ2n) is 31.3. The summed E-state index contributed by atoms with van der Waals surface area (Å²) in [5.74, 6) is 21.9. The zero-order valence-corrected chi connectivity index (χ0v) is 64.5. The Morgan fingerprint density at radius 2 is 0.390 bits per heavy atom. The van der Waals surface area contributed by atoms with E-state index in [1.54, 1.807) is 0 Å². The lowest BCUT2D eigenvalue weighted by Gasteiger charge is -2.33. The molecule has 0 aliphatic heterocycles. The second-order valence-corrected chi connectivity index (χ2v) is 31.3. The number of hydrogen-bond acceptors (Lipinski definition) is 0. The maximum atomic E-state index is 3.68. The average molecular weight is 1380 g/mol. The lowest BCUT2D eigenvalue weighted by Crippen LogP contribution is -2.25. The molecule has 534 valence electrons. The van der Waals surface area contributed by atoms with Gasteiger partial charge in [0.15, 0.2) is 0 Å². The van der Waals surface area contributed by atoms with E-state index in [2.05, 4.69) is 295 Å². The summed E-state index contributed by atoms with van der Waals surface area (Å²) < 4.78 is 0. The molecule has 0 heterocycles. The van der Waals surface area contributed by atoms with Crippen LogP contribution in [0.15, 0.2) is 218 Å². The van der Waals surface area contributed by atoms with E-state index in [1.807, 2.05) is 0 Å². The van der Waals surface area contributed by atoms with Crippen LogP contribution in [0.2, 0.25) is 0 Å². The molecule has 3 aliphatic rings. The molecule has 105 heavy (non-hydrogen) atoms. The minimum atomic E-state index is 0.0322. The van der Waals surface area contributed by atoms with Gasteiger partial charge < -0.3 is 0 Å². The van der Waals surface area contributed by atoms with Gasteiger partial charge in [-0.1, -0.05) is 359 Å². The monoisotopic (exact) mass is 1370 g/mol. The zero-order valence-electron chi connectivity index (χ0n) is 64.5. The van der Waals surface area contributed by atoms with Gasteiger partial charge in [0.1, 0.15) is 0 Å². The molecule has 10 aromatic rings. The topological polar surface area (TPSA) is 0 Å². The van der Waals surface area contributed by atoms with Gasteiger partial charge in [-0.15, -0.1) is 0 Å². The summed E-state index contributed by atoms with van der Waals surface area (Å²) in [7, 11) is 0. The summed E-state index contributed by atoms with van der Waals surface area (Å²) >= 11 is 0. The highest BCUT2D eigenvalue weighted by atomic mass is 14.5. The molecule has 0 nitrogen and oxygen atoms in total. The maximum Gasteiger partial charge on any atom is 0.0252 e. The van der Waals surface area contributed by atoms with Crippen LogP contribution in [0.3, 0.4) is 0 Å². The summed E-state index contributed by atoms with van der Waals surface area (Å²) in [5, 5.41) is 0. The van der Waals surface area contributed by atoms with Crippen LogP contribution in [0.1, 0.15) is 301 Å². The summed E-state index contributed by atoms with van der Waals surface area (Å²) in [5.41, 5.74) is 31.0. The van der Waals surface area contributed by atoms with E-state index in [9.17, 15) is 0 Å². The molecule has 0 aromatic heterocycles. The molecule has 0 fully saturated rings. The number of fused-ring (bicyclic) bond motifs is 9. The summed E-state index contributed by atoms with van der Waals surface area (Å²) in [6.45, 7) is 13.9. The van der Waals surface area contributed by atoms with Gasteiger partial charge in [0, 0.05) is 49.6 Å². The van der Waals surface area contributed by atoms with Gasteiger partial charge in [-0.05, 0) is 230 Å². The van der Waals surface area contributed by atoms with Crippen LogP contribution in [-0.4, -0.2) is 0 Å². The van der Waals surface area contributed by atoms with Crippen molar-refractivity contribution in [2.75, 3.05) is 0 Å². The smallest absolute Gasteiger partial charge is 0.0252 e. The molecule has 3 aliphatic carbocycles. The van der Waals surface area contributed by atoms with E-state index in [4.69, 9.17) is 0 Å². The third-order valence-electron chi connectivity index (χ3n) is 24.2. The minimum absolute atomic E-state index is 0.0322. The molecule has 0 unspecified atom stereocenters. The van der Waals surface area contributed by atoms with Crippen LogP contribution in [0, 0.1) is 35.5 Å². The number of unbranched alkanes of at least 4 members (excludes halogenated alkanes) is 18. The number of benzene rings is 10. The molecule has 0 spiro atoms. The molecule has 0 radical (unpaired) electrons. The van der Waals surface area contributed by atoms with Crippen molar-refractivity contribution in [2.45, 2.75) is 250 Å². The lowest BCUT2D eigenvalue weighted by molar-refractivity contribution is 0.401. The molecule has 0 heteroatoms. The van der Waals surface area contributed by atoms with Gasteiger partial charge in [0.25, 0.3) is 0 Å². The van der Waals surface area contributed by atoms with Crippen LogP contribution in [0.5, 0.6) is 0 Å². The van der Waals surface area contributed by atoms with Crippen molar-refractivity contribution in [2.24, 2.45) is 0 Å².